The highest BCUT2D eigenvalue weighted by molar-refractivity contribution is 5.81. The molecule has 100 valence electrons. The summed E-state index contributed by atoms with van der Waals surface area (Å²) in [5, 5.41) is 7.40. The Labute approximate surface area is 108 Å². The lowest BCUT2D eigenvalue weighted by atomic mass is 10.1. The number of hydrogen-bond donors (Lipinski definition) is 1. The molecule has 0 spiro atoms. The number of piperidine rings is 1. The van der Waals surface area contributed by atoms with E-state index in [1.165, 1.54) is 6.42 Å². The van der Waals surface area contributed by atoms with E-state index in [0.29, 0.717) is 0 Å². The van der Waals surface area contributed by atoms with Crippen molar-refractivity contribution in [2.75, 3.05) is 19.6 Å². The zero-order chi connectivity index (χ0) is 12.8. The van der Waals surface area contributed by atoms with Crippen LogP contribution >= 0.6 is 0 Å². The van der Waals surface area contributed by atoms with Crippen molar-refractivity contribution in [2.24, 2.45) is 0 Å². The van der Waals surface area contributed by atoms with Crippen molar-refractivity contribution in [3.8, 4) is 0 Å². The van der Waals surface area contributed by atoms with Crippen LogP contribution in [0, 0.1) is 0 Å². The number of aromatic nitrogens is 2. The molecule has 2 rings (SSSR count). The molecule has 0 bridgehead atoms. The zero-order valence-electron chi connectivity index (χ0n) is 11.0. The quantitative estimate of drug-likeness (QED) is 0.844. The van der Waals surface area contributed by atoms with Crippen molar-refractivity contribution in [1.82, 2.24) is 20.0 Å². The second-order valence-corrected chi connectivity index (χ2v) is 4.83. The number of likely N-dealkylation sites (tertiary alicyclic amines) is 1. The number of carbonyl (C=O) groups excluding carboxylic acids is 1. The van der Waals surface area contributed by atoms with E-state index in [1.807, 2.05) is 28.8 Å². The summed E-state index contributed by atoms with van der Waals surface area (Å²) in [5.74, 6) is 0.232. The molecule has 0 aliphatic carbocycles. The molecular formula is C13H22N4O. The van der Waals surface area contributed by atoms with Gasteiger partial charge in [0, 0.05) is 32.0 Å². The van der Waals surface area contributed by atoms with Gasteiger partial charge in [-0.25, -0.2) is 0 Å². The number of hydrogen-bond acceptors (Lipinski definition) is 3. The van der Waals surface area contributed by atoms with Crippen LogP contribution in [0.25, 0.3) is 0 Å². The molecule has 18 heavy (non-hydrogen) atoms. The summed E-state index contributed by atoms with van der Waals surface area (Å²) in [5.41, 5.74) is 0. The van der Waals surface area contributed by atoms with Gasteiger partial charge in [0.25, 0.3) is 0 Å². The monoisotopic (exact) mass is 250 g/mol. The predicted octanol–water partition coefficient (Wildman–Crippen LogP) is 0.874. The fraction of sp³-hybridized carbons (Fsp3) is 0.692. The lowest BCUT2D eigenvalue weighted by Gasteiger charge is -2.29. The van der Waals surface area contributed by atoms with Crippen molar-refractivity contribution < 1.29 is 4.79 Å². The Morgan fingerprint density at radius 3 is 2.83 bits per heavy atom. The third-order valence-corrected chi connectivity index (χ3v) is 3.39. The fourth-order valence-corrected chi connectivity index (χ4v) is 2.30. The van der Waals surface area contributed by atoms with Crippen LogP contribution in [0.1, 0.15) is 26.2 Å². The van der Waals surface area contributed by atoms with Gasteiger partial charge in [0.2, 0.25) is 5.91 Å². The predicted molar refractivity (Wildman–Crippen MR) is 70.1 cm³/mol. The fourth-order valence-electron chi connectivity index (χ4n) is 2.30. The maximum Gasteiger partial charge on any atom is 0.239 e. The van der Waals surface area contributed by atoms with Gasteiger partial charge in [0.1, 0.15) is 0 Å². The van der Waals surface area contributed by atoms with E-state index in [9.17, 15) is 4.79 Å². The summed E-state index contributed by atoms with van der Waals surface area (Å²) in [4.78, 5) is 14.1. The Balaban J connectivity index is 1.70. The first-order valence-electron chi connectivity index (χ1n) is 6.77. The number of nitrogens with zero attached hydrogens (tertiary/aromatic N) is 3. The molecule has 1 aliphatic rings. The molecule has 1 aliphatic heterocycles. The highest BCUT2D eigenvalue weighted by Crippen LogP contribution is 2.09. The molecule has 1 saturated heterocycles. The van der Waals surface area contributed by atoms with E-state index in [4.69, 9.17) is 0 Å². The molecule has 1 atom stereocenters. The van der Waals surface area contributed by atoms with Gasteiger partial charge in [-0.15, -0.1) is 0 Å². The maximum atomic E-state index is 12.1. The van der Waals surface area contributed by atoms with Gasteiger partial charge in [-0.05, 0) is 32.3 Å². The Kier molecular flexibility index (Phi) is 4.75. The van der Waals surface area contributed by atoms with Gasteiger partial charge in [-0.1, -0.05) is 0 Å². The van der Waals surface area contributed by atoms with Crippen molar-refractivity contribution in [2.45, 2.75) is 38.8 Å². The molecule has 2 heterocycles. The highest BCUT2D eigenvalue weighted by Gasteiger charge is 2.21. The third-order valence-electron chi connectivity index (χ3n) is 3.39. The van der Waals surface area contributed by atoms with Gasteiger partial charge in [-0.2, -0.15) is 5.10 Å². The van der Waals surface area contributed by atoms with Crippen molar-refractivity contribution in [3.05, 3.63) is 18.5 Å². The summed E-state index contributed by atoms with van der Waals surface area (Å²) in [6, 6.07) is 1.81. The van der Waals surface area contributed by atoms with Gasteiger partial charge >= 0.3 is 0 Å². The average molecular weight is 250 g/mol. The van der Waals surface area contributed by atoms with Gasteiger partial charge < -0.3 is 10.2 Å². The van der Waals surface area contributed by atoms with Gasteiger partial charge in [0.05, 0.1) is 12.6 Å². The molecule has 0 saturated carbocycles. The molecule has 1 amide bonds. The molecule has 5 nitrogen and oxygen atoms in total. The first-order valence-corrected chi connectivity index (χ1v) is 6.77. The van der Waals surface area contributed by atoms with E-state index in [1.54, 1.807) is 6.20 Å². The largest absolute Gasteiger partial charge is 0.341 e. The van der Waals surface area contributed by atoms with Crippen molar-refractivity contribution in [1.29, 1.82) is 0 Å². The second-order valence-electron chi connectivity index (χ2n) is 4.83. The van der Waals surface area contributed by atoms with Crippen LogP contribution in [-0.2, 0) is 11.3 Å². The SMILES string of the molecule is CC(NCCn1cccn1)C(=O)N1CCCCC1. The maximum absolute atomic E-state index is 12.1. The van der Waals surface area contributed by atoms with E-state index < -0.39 is 0 Å². The number of nitrogens with one attached hydrogen (secondary N) is 1. The summed E-state index contributed by atoms with van der Waals surface area (Å²) in [6.45, 7) is 5.35. The van der Waals surface area contributed by atoms with Crippen LogP contribution in [0.2, 0.25) is 0 Å². The molecular weight excluding hydrogens is 228 g/mol. The Morgan fingerprint density at radius 1 is 1.39 bits per heavy atom. The summed E-state index contributed by atoms with van der Waals surface area (Å²) < 4.78 is 1.87. The topological polar surface area (TPSA) is 50.2 Å². The number of carbonyl (C=O) groups is 1. The average Bonchev–Trinajstić information content (AvgIpc) is 2.92. The van der Waals surface area contributed by atoms with Crippen molar-refractivity contribution >= 4 is 5.91 Å². The Hall–Kier alpha value is -1.36. The van der Waals surface area contributed by atoms with Crippen LogP contribution in [0.3, 0.4) is 0 Å². The number of amides is 1. The smallest absolute Gasteiger partial charge is 0.239 e. The molecule has 5 heteroatoms. The first kappa shape index (κ1) is 13.1. The minimum Gasteiger partial charge on any atom is -0.341 e. The Morgan fingerprint density at radius 2 is 2.17 bits per heavy atom. The minimum absolute atomic E-state index is 0.0985. The lowest BCUT2D eigenvalue weighted by molar-refractivity contribution is -0.133. The molecule has 0 radical (unpaired) electrons. The molecule has 1 unspecified atom stereocenters. The normalized spacial score (nSPS) is 17.7. The number of rotatable bonds is 5. The minimum atomic E-state index is -0.0985. The zero-order valence-corrected chi connectivity index (χ0v) is 11.0. The van der Waals surface area contributed by atoms with E-state index in [2.05, 4.69) is 10.4 Å². The standard InChI is InChI=1S/C13H22N4O/c1-12(13(18)16-8-3-2-4-9-16)14-7-11-17-10-5-6-15-17/h5-6,10,12,14H,2-4,7-9,11H2,1H3. The van der Waals surface area contributed by atoms with Gasteiger partial charge in [0.15, 0.2) is 0 Å². The van der Waals surface area contributed by atoms with Crippen LogP contribution in [0.4, 0.5) is 0 Å². The third kappa shape index (κ3) is 3.57. The van der Waals surface area contributed by atoms with E-state index in [0.717, 1.165) is 39.0 Å². The van der Waals surface area contributed by atoms with E-state index >= 15 is 0 Å². The first-order chi connectivity index (χ1) is 8.77. The molecule has 1 fully saturated rings. The van der Waals surface area contributed by atoms with Crippen molar-refractivity contribution in [3.63, 3.8) is 0 Å². The summed E-state index contributed by atoms with van der Waals surface area (Å²) >= 11 is 0. The van der Waals surface area contributed by atoms with Crippen LogP contribution < -0.4 is 5.32 Å². The second kappa shape index (κ2) is 6.54. The molecule has 1 aromatic rings. The van der Waals surface area contributed by atoms with Crippen LogP contribution in [0.15, 0.2) is 18.5 Å². The molecule has 0 aromatic carbocycles. The van der Waals surface area contributed by atoms with E-state index in [-0.39, 0.29) is 11.9 Å². The Bertz CT molecular complexity index is 357. The van der Waals surface area contributed by atoms with Crippen LogP contribution in [-0.4, -0.2) is 46.3 Å². The highest BCUT2D eigenvalue weighted by atomic mass is 16.2. The summed E-state index contributed by atoms with van der Waals surface area (Å²) in [6.07, 6.45) is 7.24. The summed E-state index contributed by atoms with van der Waals surface area (Å²) in [7, 11) is 0. The van der Waals surface area contributed by atoms with Crippen LogP contribution in [0.5, 0.6) is 0 Å². The molecule has 1 aromatic heterocycles. The molecule has 1 N–H and O–H groups in total. The lowest BCUT2D eigenvalue weighted by Crippen LogP contribution is -2.47. The van der Waals surface area contributed by atoms with Gasteiger partial charge in [-0.3, -0.25) is 9.48 Å².